The number of halogens is 1. The van der Waals surface area contributed by atoms with Crippen LogP contribution in [-0.4, -0.2) is 32.6 Å². The van der Waals surface area contributed by atoms with E-state index in [4.69, 9.17) is 27.2 Å². The molecule has 0 saturated carbocycles. The molecule has 0 aliphatic rings. The quantitative estimate of drug-likeness (QED) is 0.184. The van der Waals surface area contributed by atoms with Crippen molar-refractivity contribution in [3.63, 3.8) is 0 Å². The Kier molecular flexibility index (Phi) is 7.39. The van der Waals surface area contributed by atoms with Crippen LogP contribution >= 0.6 is 11.6 Å². The Morgan fingerprint density at radius 2 is 1.73 bits per heavy atom. The number of nitrogen functional groups attached to an aromatic ring is 1. The number of carbonyl (C=O) groups excluding carboxylic acids is 1. The third-order valence-corrected chi connectivity index (χ3v) is 6.52. The van der Waals surface area contributed by atoms with Gasteiger partial charge < -0.3 is 10.5 Å². The molecule has 0 saturated heterocycles. The zero-order chi connectivity index (χ0) is 28.2. The van der Waals surface area contributed by atoms with Crippen LogP contribution in [0, 0.1) is 18.3 Å². The van der Waals surface area contributed by atoms with Gasteiger partial charge in [0.05, 0.1) is 35.6 Å². The average Bonchev–Trinajstić information content (AvgIpc) is 3.46. The first-order valence-electron chi connectivity index (χ1n) is 12.2. The summed E-state index contributed by atoms with van der Waals surface area (Å²) < 4.78 is 7.91. The molecule has 3 aromatic carbocycles. The number of azo groups is 1. The molecule has 11 heteroatoms. The summed E-state index contributed by atoms with van der Waals surface area (Å²) in [5, 5.41) is 28.5. The standard InChI is InChI=1S/C29H23ClN8O2/c1-18-23(16-31)28(37(35-18)17-19-8-4-3-5-9-19)34-33-26-25(22-10-6-7-11-24(22)30)36-38(27(26)32)21-14-12-20(13-15-21)29(39)40-2/h3-15H,17,32H2,1-2H3/b34-33+. The molecular weight excluding hydrogens is 528 g/mol. The molecule has 5 aromatic rings. The van der Waals surface area contributed by atoms with E-state index in [0.717, 1.165) is 5.56 Å². The van der Waals surface area contributed by atoms with E-state index in [1.165, 1.54) is 11.8 Å². The zero-order valence-electron chi connectivity index (χ0n) is 21.6. The lowest BCUT2D eigenvalue weighted by atomic mass is 10.1. The van der Waals surface area contributed by atoms with Crippen LogP contribution < -0.4 is 5.73 Å². The minimum atomic E-state index is -0.457. The number of esters is 1. The third kappa shape index (κ3) is 5.06. The van der Waals surface area contributed by atoms with Crippen molar-refractivity contribution in [3.05, 3.63) is 106 Å². The summed E-state index contributed by atoms with van der Waals surface area (Å²) in [6, 6.07) is 25.7. The van der Waals surface area contributed by atoms with E-state index >= 15 is 0 Å². The molecule has 0 radical (unpaired) electrons. The fraction of sp³-hybridized carbons (Fsp3) is 0.103. The number of rotatable bonds is 7. The van der Waals surface area contributed by atoms with Gasteiger partial charge in [0.2, 0.25) is 0 Å². The van der Waals surface area contributed by atoms with Gasteiger partial charge in [-0.1, -0.05) is 60.1 Å². The van der Waals surface area contributed by atoms with Gasteiger partial charge in [-0.15, -0.1) is 10.2 Å². The highest BCUT2D eigenvalue weighted by molar-refractivity contribution is 6.33. The van der Waals surface area contributed by atoms with E-state index in [1.54, 1.807) is 48.0 Å². The normalized spacial score (nSPS) is 11.1. The van der Waals surface area contributed by atoms with Gasteiger partial charge in [-0.25, -0.2) is 14.2 Å². The molecule has 0 amide bonds. The second-order valence-corrected chi connectivity index (χ2v) is 9.16. The van der Waals surface area contributed by atoms with Gasteiger partial charge in [-0.05, 0) is 42.8 Å². The van der Waals surface area contributed by atoms with Crippen molar-refractivity contribution < 1.29 is 9.53 Å². The summed E-state index contributed by atoms with van der Waals surface area (Å²) in [4.78, 5) is 11.9. The van der Waals surface area contributed by atoms with Crippen molar-refractivity contribution in [2.45, 2.75) is 13.5 Å². The van der Waals surface area contributed by atoms with Crippen LogP contribution in [0.5, 0.6) is 0 Å². The highest BCUT2D eigenvalue weighted by Crippen LogP contribution is 2.40. The van der Waals surface area contributed by atoms with Crippen molar-refractivity contribution >= 4 is 34.9 Å². The van der Waals surface area contributed by atoms with Crippen molar-refractivity contribution in [2.24, 2.45) is 10.2 Å². The lowest BCUT2D eigenvalue weighted by molar-refractivity contribution is 0.0600. The van der Waals surface area contributed by atoms with Crippen LogP contribution in [0.2, 0.25) is 5.02 Å². The SMILES string of the molecule is COC(=O)c1ccc(-n2nc(-c3ccccc3Cl)c(/N=N/c3c(C#N)c(C)nn3Cc3ccccc3)c2N)cc1. The zero-order valence-corrected chi connectivity index (χ0v) is 22.4. The molecule has 2 N–H and O–H groups in total. The van der Waals surface area contributed by atoms with Crippen LogP contribution in [-0.2, 0) is 11.3 Å². The first-order valence-corrected chi connectivity index (χ1v) is 12.5. The highest BCUT2D eigenvalue weighted by Gasteiger charge is 2.22. The molecule has 0 bridgehead atoms. The molecule has 0 spiro atoms. The van der Waals surface area contributed by atoms with Gasteiger partial charge in [-0.3, -0.25) is 0 Å². The Bertz CT molecular complexity index is 1770. The summed E-state index contributed by atoms with van der Waals surface area (Å²) in [7, 11) is 1.32. The molecule has 2 heterocycles. The van der Waals surface area contributed by atoms with Crippen molar-refractivity contribution in [1.82, 2.24) is 19.6 Å². The van der Waals surface area contributed by atoms with Crippen LogP contribution in [0.3, 0.4) is 0 Å². The molecule has 0 atom stereocenters. The Morgan fingerprint density at radius 3 is 2.40 bits per heavy atom. The lowest BCUT2D eigenvalue weighted by Gasteiger charge is -2.05. The van der Waals surface area contributed by atoms with Crippen molar-refractivity contribution in [1.29, 1.82) is 5.26 Å². The highest BCUT2D eigenvalue weighted by atomic mass is 35.5. The van der Waals surface area contributed by atoms with Crippen LogP contribution in [0.15, 0.2) is 89.1 Å². The predicted octanol–water partition coefficient (Wildman–Crippen LogP) is 6.40. The van der Waals surface area contributed by atoms with Gasteiger partial charge in [0.25, 0.3) is 0 Å². The van der Waals surface area contributed by atoms with E-state index in [-0.39, 0.29) is 11.5 Å². The summed E-state index contributed by atoms with van der Waals surface area (Å²) in [6.45, 7) is 2.15. The third-order valence-electron chi connectivity index (χ3n) is 6.19. The maximum atomic E-state index is 11.9. The first kappa shape index (κ1) is 26.3. The van der Waals surface area contributed by atoms with Crippen LogP contribution in [0.25, 0.3) is 16.9 Å². The number of nitrogens with two attached hydrogens (primary N) is 1. The Morgan fingerprint density at radius 1 is 1.02 bits per heavy atom. The smallest absolute Gasteiger partial charge is 0.337 e. The minimum absolute atomic E-state index is 0.189. The second kappa shape index (κ2) is 11.2. The Hall–Kier alpha value is -5.27. The van der Waals surface area contributed by atoms with Gasteiger partial charge in [-0.2, -0.15) is 15.5 Å². The summed E-state index contributed by atoms with van der Waals surface area (Å²) in [5.74, 6) is 0.0272. The number of hydrogen-bond donors (Lipinski definition) is 1. The molecule has 2 aromatic heterocycles. The number of aryl methyl sites for hydroxylation is 1. The number of methoxy groups -OCH3 is 1. The fourth-order valence-corrected chi connectivity index (χ4v) is 4.40. The molecule has 10 nitrogen and oxygen atoms in total. The molecule has 198 valence electrons. The number of ether oxygens (including phenoxy) is 1. The molecule has 0 unspecified atom stereocenters. The summed E-state index contributed by atoms with van der Waals surface area (Å²) in [6.07, 6.45) is 0. The minimum Gasteiger partial charge on any atom is -0.465 e. The number of carbonyl (C=O) groups is 1. The van der Waals surface area contributed by atoms with Crippen LogP contribution in [0.1, 0.15) is 27.2 Å². The number of hydrogen-bond acceptors (Lipinski definition) is 8. The topological polar surface area (TPSA) is 136 Å². The number of aromatic nitrogens is 4. The van der Waals surface area contributed by atoms with E-state index in [9.17, 15) is 10.1 Å². The lowest BCUT2D eigenvalue weighted by Crippen LogP contribution is -2.04. The van der Waals surface area contributed by atoms with Gasteiger partial charge >= 0.3 is 5.97 Å². The number of nitrogens with zero attached hydrogens (tertiary/aromatic N) is 7. The van der Waals surface area contributed by atoms with E-state index < -0.39 is 5.97 Å². The van der Waals surface area contributed by atoms with Gasteiger partial charge in [0, 0.05) is 5.56 Å². The monoisotopic (exact) mass is 550 g/mol. The summed E-state index contributed by atoms with van der Waals surface area (Å²) in [5.41, 5.74) is 10.6. The molecule has 0 fully saturated rings. The molecule has 0 aliphatic carbocycles. The van der Waals surface area contributed by atoms with Crippen molar-refractivity contribution in [2.75, 3.05) is 12.8 Å². The predicted molar refractivity (Wildman–Crippen MR) is 151 cm³/mol. The maximum Gasteiger partial charge on any atom is 0.337 e. The van der Waals surface area contributed by atoms with Crippen LogP contribution in [0.4, 0.5) is 17.3 Å². The van der Waals surface area contributed by atoms with E-state index in [1.807, 2.05) is 42.5 Å². The van der Waals surface area contributed by atoms with Gasteiger partial charge in [0.15, 0.2) is 17.3 Å². The molecular formula is C29H23ClN8O2. The number of nitriles is 1. The Balaban J connectivity index is 1.63. The molecule has 40 heavy (non-hydrogen) atoms. The van der Waals surface area contributed by atoms with Crippen molar-refractivity contribution in [3.8, 4) is 23.0 Å². The average molecular weight is 551 g/mol. The second-order valence-electron chi connectivity index (χ2n) is 8.75. The van der Waals surface area contributed by atoms with Gasteiger partial charge in [0.1, 0.15) is 17.3 Å². The molecule has 5 rings (SSSR count). The number of anilines is 1. The Labute approximate surface area is 234 Å². The fourth-order valence-electron chi connectivity index (χ4n) is 4.18. The summed E-state index contributed by atoms with van der Waals surface area (Å²) >= 11 is 6.52. The largest absolute Gasteiger partial charge is 0.465 e. The van der Waals surface area contributed by atoms with E-state index in [2.05, 4.69) is 21.4 Å². The maximum absolute atomic E-state index is 11.9. The number of benzene rings is 3. The molecule has 0 aliphatic heterocycles. The van der Waals surface area contributed by atoms with E-state index in [0.29, 0.717) is 51.2 Å². The first-order chi connectivity index (χ1) is 19.4.